The molecule has 1 aromatic carbocycles. The van der Waals surface area contributed by atoms with Crippen molar-refractivity contribution in [1.29, 1.82) is 0 Å². The summed E-state index contributed by atoms with van der Waals surface area (Å²) in [6.07, 6.45) is 1.89. The van der Waals surface area contributed by atoms with Crippen LogP contribution in [0.4, 0.5) is 4.79 Å². The fourth-order valence-electron chi connectivity index (χ4n) is 3.60. The summed E-state index contributed by atoms with van der Waals surface area (Å²) in [5.74, 6) is 0.758. The van der Waals surface area contributed by atoms with E-state index in [1.807, 2.05) is 36.9 Å². The van der Waals surface area contributed by atoms with Gasteiger partial charge in [0.2, 0.25) is 11.8 Å². The van der Waals surface area contributed by atoms with Gasteiger partial charge in [-0.05, 0) is 65.0 Å². The fraction of sp³-hybridized carbons (Fsp3) is 0.625. The zero-order valence-corrected chi connectivity index (χ0v) is 20.0. The molecule has 0 unspecified atom stereocenters. The summed E-state index contributed by atoms with van der Waals surface area (Å²) in [6.45, 7) is 10.9. The summed E-state index contributed by atoms with van der Waals surface area (Å²) in [5.41, 5.74) is 1.59. The molecule has 1 fully saturated rings. The average molecular weight is 448 g/mol. The van der Waals surface area contributed by atoms with Crippen LogP contribution < -0.4 is 15.4 Å². The molecule has 1 aromatic rings. The molecule has 0 saturated carbocycles. The number of carbonyl (C=O) groups is 3. The molecule has 0 aromatic heterocycles. The summed E-state index contributed by atoms with van der Waals surface area (Å²) in [5, 5.41) is 5.36. The van der Waals surface area contributed by atoms with Crippen LogP contribution in [0.25, 0.3) is 0 Å². The molecule has 178 valence electrons. The van der Waals surface area contributed by atoms with Crippen LogP contribution in [0.1, 0.15) is 57.6 Å². The third kappa shape index (κ3) is 8.77. The van der Waals surface area contributed by atoms with Gasteiger partial charge in [0.15, 0.2) is 0 Å². The third-order valence-corrected chi connectivity index (χ3v) is 5.20. The SMILES string of the molecule is Cc1cccc(C)c1OCCCC(=O)N1CCC(NC(=O)CNC(=O)OC(C)(C)C)CC1. The normalized spacial score (nSPS) is 14.6. The lowest BCUT2D eigenvalue weighted by Crippen LogP contribution is -2.49. The Morgan fingerprint density at radius 3 is 2.31 bits per heavy atom. The number of benzene rings is 1. The summed E-state index contributed by atoms with van der Waals surface area (Å²) < 4.78 is 11.0. The first-order valence-corrected chi connectivity index (χ1v) is 11.3. The van der Waals surface area contributed by atoms with Crippen LogP contribution in [-0.4, -0.2) is 60.7 Å². The number of aryl methyl sites for hydroxylation is 2. The Balaban J connectivity index is 1.62. The lowest BCUT2D eigenvalue weighted by Gasteiger charge is -2.32. The Labute approximate surface area is 191 Å². The minimum atomic E-state index is -0.616. The standard InChI is InChI=1S/C24H37N3O5/c1-17-8-6-9-18(2)22(17)31-15-7-10-21(29)27-13-11-19(12-14-27)26-20(28)16-25-23(30)32-24(3,4)5/h6,8-9,19H,7,10-16H2,1-5H3,(H,25,30)(H,26,28). The van der Waals surface area contributed by atoms with E-state index in [0.717, 1.165) is 16.9 Å². The lowest BCUT2D eigenvalue weighted by atomic mass is 10.0. The van der Waals surface area contributed by atoms with Crippen molar-refractivity contribution < 1.29 is 23.9 Å². The van der Waals surface area contributed by atoms with Crippen molar-refractivity contribution in [2.75, 3.05) is 26.2 Å². The van der Waals surface area contributed by atoms with Crippen LogP contribution >= 0.6 is 0 Å². The van der Waals surface area contributed by atoms with Gasteiger partial charge < -0.3 is 25.0 Å². The Morgan fingerprint density at radius 1 is 1.09 bits per heavy atom. The Hall–Kier alpha value is -2.77. The first kappa shape index (κ1) is 25.5. The maximum atomic E-state index is 12.5. The predicted octanol–water partition coefficient (Wildman–Crippen LogP) is 3.09. The van der Waals surface area contributed by atoms with Crippen molar-refractivity contribution in [2.24, 2.45) is 0 Å². The van der Waals surface area contributed by atoms with Crippen LogP contribution in [0.3, 0.4) is 0 Å². The zero-order valence-electron chi connectivity index (χ0n) is 20.0. The molecular formula is C24H37N3O5. The molecule has 1 aliphatic rings. The van der Waals surface area contributed by atoms with Crippen LogP contribution in [0, 0.1) is 13.8 Å². The van der Waals surface area contributed by atoms with Gasteiger partial charge in [-0.1, -0.05) is 18.2 Å². The topological polar surface area (TPSA) is 97.0 Å². The van der Waals surface area contributed by atoms with Crippen molar-refractivity contribution in [3.8, 4) is 5.75 Å². The van der Waals surface area contributed by atoms with E-state index in [1.165, 1.54) is 0 Å². The Morgan fingerprint density at radius 2 is 1.72 bits per heavy atom. The van der Waals surface area contributed by atoms with E-state index in [9.17, 15) is 14.4 Å². The molecule has 1 saturated heterocycles. The van der Waals surface area contributed by atoms with Crippen LogP contribution in [-0.2, 0) is 14.3 Å². The molecule has 32 heavy (non-hydrogen) atoms. The fourth-order valence-corrected chi connectivity index (χ4v) is 3.60. The van der Waals surface area contributed by atoms with E-state index in [-0.39, 0.29) is 24.4 Å². The maximum absolute atomic E-state index is 12.5. The zero-order chi connectivity index (χ0) is 23.7. The number of ether oxygens (including phenoxy) is 2. The van der Waals surface area contributed by atoms with E-state index in [0.29, 0.717) is 45.4 Å². The van der Waals surface area contributed by atoms with Crippen LogP contribution in [0.15, 0.2) is 18.2 Å². The highest BCUT2D eigenvalue weighted by molar-refractivity contribution is 5.82. The van der Waals surface area contributed by atoms with Crippen molar-refractivity contribution >= 4 is 17.9 Å². The average Bonchev–Trinajstić information content (AvgIpc) is 2.70. The minimum Gasteiger partial charge on any atom is -0.493 e. The number of nitrogens with zero attached hydrogens (tertiary/aromatic N) is 1. The van der Waals surface area contributed by atoms with E-state index in [2.05, 4.69) is 10.6 Å². The monoisotopic (exact) mass is 447 g/mol. The molecule has 2 rings (SSSR count). The number of amides is 3. The summed E-state index contributed by atoms with van der Waals surface area (Å²) >= 11 is 0. The first-order chi connectivity index (χ1) is 15.0. The maximum Gasteiger partial charge on any atom is 0.408 e. The number of para-hydroxylation sites is 1. The van der Waals surface area contributed by atoms with E-state index in [1.54, 1.807) is 20.8 Å². The second-order valence-corrected chi connectivity index (χ2v) is 9.25. The van der Waals surface area contributed by atoms with Gasteiger partial charge in [0.05, 0.1) is 6.61 Å². The number of carbonyl (C=O) groups excluding carboxylic acids is 3. The number of piperidine rings is 1. The highest BCUT2D eigenvalue weighted by Crippen LogP contribution is 2.22. The molecule has 0 atom stereocenters. The van der Waals surface area contributed by atoms with Gasteiger partial charge in [0.25, 0.3) is 0 Å². The second kappa shape index (κ2) is 11.7. The van der Waals surface area contributed by atoms with Gasteiger partial charge >= 0.3 is 6.09 Å². The third-order valence-electron chi connectivity index (χ3n) is 5.20. The molecule has 2 N–H and O–H groups in total. The molecule has 8 nitrogen and oxygen atoms in total. The highest BCUT2D eigenvalue weighted by atomic mass is 16.6. The number of rotatable bonds is 8. The smallest absolute Gasteiger partial charge is 0.408 e. The largest absolute Gasteiger partial charge is 0.493 e. The number of hydrogen-bond donors (Lipinski definition) is 2. The molecular weight excluding hydrogens is 410 g/mol. The highest BCUT2D eigenvalue weighted by Gasteiger charge is 2.24. The molecule has 0 aliphatic carbocycles. The summed E-state index contributed by atoms with van der Waals surface area (Å²) in [4.78, 5) is 38.0. The van der Waals surface area contributed by atoms with Gasteiger partial charge in [-0.15, -0.1) is 0 Å². The van der Waals surface area contributed by atoms with E-state index in [4.69, 9.17) is 9.47 Å². The Kier molecular flexibility index (Phi) is 9.35. The predicted molar refractivity (Wildman–Crippen MR) is 123 cm³/mol. The number of alkyl carbamates (subject to hydrolysis) is 1. The molecule has 1 heterocycles. The van der Waals surface area contributed by atoms with Crippen molar-refractivity contribution in [3.63, 3.8) is 0 Å². The van der Waals surface area contributed by atoms with Crippen LogP contribution in [0.2, 0.25) is 0 Å². The van der Waals surface area contributed by atoms with Gasteiger partial charge in [0, 0.05) is 25.6 Å². The number of likely N-dealkylation sites (tertiary alicyclic amines) is 1. The van der Waals surface area contributed by atoms with E-state index < -0.39 is 11.7 Å². The first-order valence-electron chi connectivity index (χ1n) is 11.3. The number of hydrogen-bond acceptors (Lipinski definition) is 5. The van der Waals surface area contributed by atoms with Crippen molar-refractivity contribution in [1.82, 2.24) is 15.5 Å². The molecule has 0 bridgehead atoms. The van der Waals surface area contributed by atoms with Crippen molar-refractivity contribution in [2.45, 2.75) is 71.9 Å². The van der Waals surface area contributed by atoms with Gasteiger partial charge in [-0.3, -0.25) is 9.59 Å². The van der Waals surface area contributed by atoms with Crippen molar-refractivity contribution in [3.05, 3.63) is 29.3 Å². The Bertz CT molecular complexity index is 775. The molecule has 0 spiro atoms. The molecule has 3 amide bonds. The number of nitrogens with one attached hydrogen (secondary N) is 2. The second-order valence-electron chi connectivity index (χ2n) is 9.25. The summed E-state index contributed by atoms with van der Waals surface area (Å²) in [7, 11) is 0. The molecule has 1 aliphatic heterocycles. The quantitative estimate of drug-likeness (QED) is 0.597. The van der Waals surface area contributed by atoms with E-state index >= 15 is 0 Å². The van der Waals surface area contributed by atoms with Gasteiger partial charge in [-0.2, -0.15) is 0 Å². The van der Waals surface area contributed by atoms with Gasteiger partial charge in [0.1, 0.15) is 17.9 Å². The molecule has 0 radical (unpaired) electrons. The van der Waals surface area contributed by atoms with Gasteiger partial charge in [-0.25, -0.2) is 4.79 Å². The lowest BCUT2D eigenvalue weighted by molar-refractivity contribution is -0.132. The molecule has 8 heteroatoms. The minimum absolute atomic E-state index is 0.000601. The van der Waals surface area contributed by atoms with Crippen LogP contribution in [0.5, 0.6) is 5.75 Å². The summed E-state index contributed by atoms with van der Waals surface area (Å²) in [6, 6.07) is 6.04.